The second-order valence-electron chi connectivity index (χ2n) is 10.5. The molecule has 1 atom stereocenters. The quantitative estimate of drug-likeness (QED) is 0.728. The van der Waals surface area contributed by atoms with Gasteiger partial charge < -0.3 is 10.5 Å². The second kappa shape index (κ2) is 7.49. The highest BCUT2D eigenvalue weighted by atomic mass is 35.5. The Balaban J connectivity index is 1.56. The molecule has 1 saturated carbocycles. The molecule has 1 fully saturated rings. The molecule has 2 aliphatic carbocycles. The summed E-state index contributed by atoms with van der Waals surface area (Å²) in [5.74, 6) is 0.556. The van der Waals surface area contributed by atoms with Crippen molar-refractivity contribution in [3.05, 3.63) is 52.8 Å². The van der Waals surface area contributed by atoms with Crippen LogP contribution < -0.4 is 5.73 Å². The van der Waals surface area contributed by atoms with Crippen LogP contribution in [0.25, 0.3) is 11.1 Å². The summed E-state index contributed by atoms with van der Waals surface area (Å²) < 4.78 is 6.32. The van der Waals surface area contributed by atoms with E-state index in [0.717, 1.165) is 48.9 Å². The summed E-state index contributed by atoms with van der Waals surface area (Å²) in [5, 5.41) is 0.499. The molecule has 0 radical (unpaired) electrons. The number of nitrogens with zero attached hydrogens (tertiary/aromatic N) is 3. The fourth-order valence-electron chi connectivity index (χ4n) is 5.80. The monoisotopic (exact) mass is 444 g/mol. The number of rotatable bonds is 3. The Morgan fingerprint density at radius 1 is 1.09 bits per heavy atom. The first kappa shape index (κ1) is 21.8. The third-order valence-corrected chi connectivity index (χ3v) is 7.39. The maximum atomic E-state index is 6.33. The lowest BCUT2D eigenvalue weighted by Gasteiger charge is -2.45. The third kappa shape index (κ3) is 3.52. The minimum absolute atomic E-state index is 0.0688. The standard InChI is InChI=1S/C23H28B3ClN4O/c1-13-20(28)31-22(30-13)19-9-14(16-8-17(27)12-29-11-16)2-3-15(19)10-21(22)6-4-18(5-7-21)32-23(24,25)26/h2-3,8-9,11-12,18H,4-7,10,24-26H2,1H3,(H2,28,31)/t18-,21-,22?. The van der Waals surface area contributed by atoms with Crippen LogP contribution in [0, 0.1) is 5.41 Å². The molecule has 2 N–H and O–H groups in total. The molecule has 162 valence electrons. The average Bonchev–Trinajstić information content (AvgIpc) is 3.16. The topological polar surface area (TPSA) is 72.9 Å². The SMILES string of the molecule is BC(B)(B)O[C@H]1CC[C@]2(CC1)Cc1ccc(-c3cncc(Cl)c3)cc1C21N=C(C)C(N)=N1. The van der Waals surface area contributed by atoms with Gasteiger partial charge in [-0.3, -0.25) is 9.98 Å². The van der Waals surface area contributed by atoms with E-state index in [1.807, 2.05) is 19.2 Å². The molecule has 5 rings (SSSR count). The van der Waals surface area contributed by atoms with Gasteiger partial charge in [0.05, 0.1) is 16.8 Å². The Hall–Kier alpha value is -2.05. The van der Waals surface area contributed by atoms with E-state index < -0.39 is 5.66 Å². The molecule has 0 bridgehead atoms. The van der Waals surface area contributed by atoms with Gasteiger partial charge in [-0.25, -0.2) is 4.99 Å². The minimum Gasteiger partial charge on any atom is -0.398 e. The molecule has 32 heavy (non-hydrogen) atoms. The highest BCUT2D eigenvalue weighted by Crippen LogP contribution is 2.62. The molecule has 9 heteroatoms. The molecule has 2 aromatic rings. The van der Waals surface area contributed by atoms with E-state index >= 15 is 0 Å². The fraction of sp³-hybridized carbons (Fsp3) is 0.435. The maximum absolute atomic E-state index is 6.33. The zero-order valence-electron chi connectivity index (χ0n) is 19.3. The maximum Gasteiger partial charge on any atom is 0.184 e. The molecule has 1 aromatic carbocycles. The Kier molecular flexibility index (Phi) is 5.10. The van der Waals surface area contributed by atoms with Gasteiger partial charge in [0, 0.05) is 28.9 Å². The zero-order valence-corrected chi connectivity index (χ0v) is 20.0. The summed E-state index contributed by atoms with van der Waals surface area (Å²) in [7, 11) is 6.39. The first-order chi connectivity index (χ1) is 15.1. The number of hydrogen-bond donors (Lipinski definition) is 1. The van der Waals surface area contributed by atoms with Gasteiger partial charge in [-0.2, -0.15) is 0 Å². The van der Waals surface area contributed by atoms with Crippen molar-refractivity contribution in [2.75, 3.05) is 0 Å². The minimum atomic E-state index is -0.648. The summed E-state index contributed by atoms with van der Waals surface area (Å²) in [6.45, 7) is 1.97. The summed E-state index contributed by atoms with van der Waals surface area (Å²) in [6.07, 6.45) is 8.82. The number of fused-ring (bicyclic) bond motifs is 3. The molecule has 5 nitrogen and oxygen atoms in total. The summed E-state index contributed by atoms with van der Waals surface area (Å²) in [4.78, 5) is 14.5. The van der Waals surface area contributed by atoms with Crippen LogP contribution >= 0.6 is 11.6 Å². The predicted molar refractivity (Wildman–Crippen MR) is 139 cm³/mol. The number of halogens is 1. The Bertz CT molecular complexity index is 1120. The third-order valence-electron chi connectivity index (χ3n) is 7.18. The van der Waals surface area contributed by atoms with Gasteiger partial charge in [0.15, 0.2) is 5.66 Å². The smallest absolute Gasteiger partial charge is 0.184 e. The van der Waals surface area contributed by atoms with Gasteiger partial charge in [0.25, 0.3) is 0 Å². The van der Waals surface area contributed by atoms with Crippen LogP contribution in [-0.4, -0.2) is 51.5 Å². The molecule has 1 aliphatic heterocycles. The second-order valence-corrected chi connectivity index (χ2v) is 11.0. The van der Waals surface area contributed by atoms with Gasteiger partial charge in [-0.05, 0) is 67.6 Å². The predicted octanol–water partition coefficient (Wildman–Crippen LogP) is 1.40. The number of pyridine rings is 1. The van der Waals surface area contributed by atoms with Crippen LogP contribution in [0.3, 0.4) is 0 Å². The highest BCUT2D eigenvalue weighted by molar-refractivity contribution is 6.58. The molecule has 0 amide bonds. The van der Waals surface area contributed by atoms with Crippen LogP contribution in [0.4, 0.5) is 0 Å². The molecule has 1 unspecified atom stereocenters. The Labute approximate surface area is 197 Å². The Morgan fingerprint density at radius 3 is 2.47 bits per heavy atom. The van der Waals surface area contributed by atoms with Crippen LogP contribution in [0.15, 0.2) is 46.6 Å². The van der Waals surface area contributed by atoms with Crippen LogP contribution in [0.1, 0.15) is 43.7 Å². The van der Waals surface area contributed by atoms with Crippen molar-refractivity contribution < 1.29 is 4.74 Å². The average molecular weight is 444 g/mol. The van der Waals surface area contributed by atoms with E-state index in [4.69, 9.17) is 32.1 Å². The Morgan fingerprint density at radius 2 is 1.84 bits per heavy atom. The largest absolute Gasteiger partial charge is 0.398 e. The molecular formula is C23H28B3ClN4O. The molecule has 0 saturated heterocycles. The van der Waals surface area contributed by atoms with E-state index in [0.29, 0.717) is 10.9 Å². The van der Waals surface area contributed by atoms with Crippen LogP contribution in [0.5, 0.6) is 0 Å². The summed E-state index contributed by atoms with van der Waals surface area (Å²) >= 11 is 6.21. The van der Waals surface area contributed by atoms with Crippen molar-refractivity contribution in [1.82, 2.24) is 4.98 Å². The number of hydrogen-bond acceptors (Lipinski definition) is 5. The van der Waals surface area contributed by atoms with Gasteiger partial charge in [0.1, 0.15) is 29.4 Å². The molecular weight excluding hydrogens is 416 g/mol. The number of ether oxygens (including phenoxy) is 1. The van der Waals surface area contributed by atoms with Gasteiger partial charge in [0.2, 0.25) is 0 Å². The molecule has 2 spiro atoms. The lowest BCUT2D eigenvalue weighted by Crippen LogP contribution is -2.46. The van der Waals surface area contributed by atoms with Crippen LogP contribution in [-0.2, 0) is 16.8 Å². The van der Waals surface area contributed by atoms with Gasteiger partial charge in [-0.15, -0.1) is 0 Å². The summed E-state index contributed by atoms with van der Waals surface area (Å²) in [5.41, 5.74) is 11.0. The van der Waals surface area contributed by atoms with Crippen molar-refractivity contribution in [2.45, 2.75) is 56.1 Å². The number of aromatic nitrogens is 1. The number of aliphatic imine (C=N–C) groups is 2. The fourth-order valence-corrected chi connectivity index (χ4v) is 5.98. The van der Waals surface area contributed by atoms with Gasteiger partial charge in [-0.1, -0.05) is 23.7 Å². The molecule has 2 heterocycles. The highest BCUT2D eigenvalue weighted by Gasteiger charge is 2.60. The molecule has 1 aromatic heterocycles. The van der Waals surface area contributed by atoms with E-state index in [2.05, 4.69) is 46.7 Å². The van der Waals surface area contributed by atoms with Crippen molar-refractivity contribution in [1.29, 1.82) is 0 Å². The first-order valence-corrected chi connectivity index (χ1v) is 11.8. The first-order valence-electron chi connectivity index (χ1n) is 11.5. The number of amidine groups is 1. The van der Waals surface area contributed by atoms with Crippen molar-refractivity contribution >= 4 is 46.7 Å². The van der Waals surface area contributed by atoms with E-state index in [1.54, 1.807) is 6.20 Å². The van der Waals surface area contributed by atoms with E-state index in [1.165, 1.54) is 11.1 Å². The molecule has 3 aliphatic rings. The van der Waals surface area contributed by atoms with Crippen LogP contribution in [0.2, 0.25) is 5.02 Å². The van der Waals surface area contributed by atoms with Crippen molar-refractivity contribution in [3.63, 3.8) is 0 Å². The normalized spacial score (nSPS) is 29.2. The van der Waals surface area contributed by atoms with E-state index in [-0.39, 0.29) is 16.8 Å². The number of nitrogens with two attached hydrogens (primary N) is 1. The van der Waals surface area contributed by atoms with Crippen molar-refractivity contribution in [2.24, 2.45) is 21.1 Å². The lowest BCUT2D eigenvalue weighted by atomic mass is 9.52. The summed E-state index contributed by atoms with van der Waals surface area (Å²) in [6, 6.07) is 8.57. The van der Waals surface area contributed by atoms with E-state index in [9.17, 15) is 0 Å². The van der Waals surface area contributed by atoms with Crippen molar-refractivity contribution in [3.8, 4) is 11.1 Å². The lowest BCUT2D eigenvalue weighted by molar-refractivity contribution is -0.0271. The zero-order chi connectivity index (χ0) is 22.7. The number of benzene rings is 1. The van der Waals surface area contributed by atoms with Gasteiger partial charge >= 0.3 is 0 Å².